The molecule has 2 aromatic carbocycles. The number of aromatic nitrogens is 1. The molecule has 0 bridgehead atoms. The minimum absolute atomic E-state index is 0.0393. The number of sulfonamides is 1. The van der Waals surface area contributed by atoms with Crippen molar-refractivity contribution < 1.29 is 31.1 Å². The van der Waals surface area contributed by atoms with Gasteiger partial charge in [-0.2, -0.15) is 13.2 Å². The van der Waals surface area contributed by atoms with Crippen molar-refractivity contribution >= 4 is 37.6 Å². The molecule has 0 atom stereocenters. The van der Waals surface area contributed by atoms with Gasteiger partial charge in [0.05, 0.1) is 23.9 Å². The molecule has 3 rings (SSSR count). The molecule has 0 aliphatic heterocycles. The predicted octanol–water partition coefficient (Wildman–Crippen LogP) is 5.12. The highest BCUT2D eigenvalue weighted by atomic mass is 79.9. The van der Waals surface area contributed by atoms with Gasteiger partial charge >= 0.3 is 12.1 Å². The standard InChI is InChI=1S/C20H14BrF3N2O4S/c1-30-19(27)12-4-7-16(21)18(9-12)31(28,29)26-17-10-14(20(22,23)24)5-6-15(17)13-3-2-8-25-11-13/h2-11,26H,1H3. The highest BCUT2D eigenvalue weighted by Crippen LogP contribution is 2.37. The van der Waals surface area contributed by atoms with E-state index in [1.165, 1.54) is 24.5 Å². The lowest BCUT2D eigenvalue weighted by Gasteiger charge is -2.16. The van der Waals surface area contributed by atoms with Gasteiger partial charge in [-0.25, -0.2) is 13.2 Å². The zero-order chi connectivity index (χ0) is 22.8. The van der Waals surface area contributed by atoms with E-state index in [-0.39, 0.29) is 26.2 Å². The van der Waals surface area contributed by atoms with Crippen molar-refractivity contribution in [3.63, 3.8) is 0 Å². The summed E-state index contributed by atoms with van der Waals surface area (Å²) in [5.41, 5.74) is -0.748. The van der Waals surface area contributed by atoms with Gasteiger partial charge in [-0.1, -0.05) is 12.1 Å². The number of benzene rings is 2. The van der Waals surface area contributed by atoms with Crippen molar-refractivity contribution in [2.24, 2.45) is 0 Å². The Labute approximate surface area is 184 Å². The van der Waals surface area contributed by atoms with Crippen LogP contribution in [0.5, 0.6) is 0 Å². The van der Waals surface area contributed by atoms with Crippen LogP contribution in [0.25, 0.3) is 11.1 Å². The summed E-state index contributed by atoms with van der Waals surface area (Å²) in [5.74, 6) is -0.765. The number of pyridine rings is 1. The summed E-state index contributed by atoms with van der Waals surface area (Å²) in [6.45, 7) is 0. The largest absolute Gasteiger partial charge is 0.465 e. The van der Waals surface area contributed by atoms with Crippen LogP contribution in [0, 0.1) is 0 Å². The molecule has 0 amide bonds. The molecule has 11 heteroatoms. The van der Waals surface area contributed by atoms with E-state index in [0.717, 1.165) is 25.3 Å². The molecule has 31 heavy (non-hydrogen) atoms. The number of hydrogen-bond donors (Lipinski definition) is 1. The number of carbonyl (C=O) groups excluding carboxylic acids is 1. The van der Waals surface area contributed by atoms with E-state index in [2.05, 4.69) is 30.4 Å². The Morgan fingerprint density at radius 2 is 1.87 bits per heavy atom. The molecule has 0 spiro atoms. The van der Waals surface area contributed by atoms with E-state index in [4.69, 9.17) is 0 Å². The highest BCUT2D eigenvalue weighted by Gasteiger charge is 2.32. The van der Waals surface area contributed by atoms with Gasteiger partial charge in [-0.3, -0.25) is 9.71 Å². The fourth-order valence-corrected chi connectivity index (χ4v) is 4.79. The summed E-state index contributed by atoms with van der Waals surface area (Å²) < 4.78 is 72.7. The number of alkyl halides is 3. The number of ether oxygens (including phenoxy) is 1. The van der Waals surface area contributed by atoms with Crippen LogP contribution in [0.4, 0.5) is 18.9 Å². The van der Waals surface area contributed by atoms with Crippen LogP contribution < -0.4 is 4.72 Å². The van der Waals surface area contributed by atoms with E-state index < -0.39 is 27.7 Å². The summed E-state index contributed by atoms with van der Waals surface area (Å²) in [6.07, 6.45) is -1.81. The molecule has 1 heterocycles. The molecule has 0 radical (unpaired) electrons. The van der Waals surface area contributed by atoms with Gasteiger partial charge in [0.25, 0.3) is 10.0 Å². The van der Waals surface area contributed by atoms with Crippen LogP contribution >= 0.6 is 15.9 Å². The summed E-state index contributed by atoms with van der Waals surface area (Å²) >= 11 is 3.10. The molecule has 1 aromatic heterocycles. The molecule has 6 nitrogen and oxygen atoms in total. The predicted molar refractivity (Wildman–Crippen MR) is 111 cm³/mol. The number of carbonyl (C=O) groups is 1. The molecule has 0 aliphatic carbocycles. The second kappa shape index (κ2) is 8.67. The molecule has 0 aliphatic rings. The van der Waals surface area contributed by atoms with E-state index in [1.54, 1.807) is 12.1 Å². The monoisotopic (exact) mass is 514 g/mol. The highest BCUT2D eigenvalue weighted by molar-refractivity contribution is 9.10. The number of nitrogens with zero attached hydrogens (tertiary/aromatic N) is 1. The first-order chi connectivity index (χ1) is 14.5. The molecule has 0 saturated carbocycles. The van der Waals surface area contributed by atoms with Gasteiger partial charge in [-0.05, 0) is 52.3 Å². The maximum atomic E-state index is 13.3. The third-order valence-corrected chi connectivity index (χ3v) is 6.56. The average Bonchev–Trinajstić information content (AvgIpc) is 2.73. The Hall–Kier alpha value is -2.92. The van der Waals surface area contributed by atoms with Gasteiger partial charge < -0.3 is 4.74 Å². The first kappa shape index (κ1) is 22.8. The van der Waals surface area contributed by atoms with Crippen molar-refractivity contribution in [3.05, 3.63) is 76.5 Å². The van der Waals surface area contributed by atoms with Gasteiger partial charge in [-0.15, -0.1) is 0 Å². The van der Waals surface area contributed by atoms with Crippen LogP contribution in [0.15, 0.2) is 70.3 Å². The number of rotatable bonds is 5. The van der Waals surface area contributed by atoms with Crippen LogP contribution in [0.3, 0.4) is 0 Å². The van der Waals surface area contributed by atoms with Crippen molar-refractivity contribution in [3.8, 4) is 11.1 Å². The second-order valence-corrected chi connectivity index (χ2v) is 8.75. The van der Waals surface area contributed by atoms with Crippen molar-refractivity contribution in [2.45, 2.75) is 11.1 Å². The molecule has 0 unspecified atom stereocenters. The Morgan fingerprint density at radius 3 is 2.48 bits per heavy atom. The van der Waals surface area contributed by atoms with Gasteiger partial charge in [0.2, 0.25) is 0 Å². The Bertz CT molecular complexity index is 1230. The quantitative estimate of drug-likeness (QED) is 0.477. The normalized spacial score (nSPS) is 11.8. The Kier molecular flexibility index (Phi) is 6.37. The lowest BCUT2D eigenvalue weighted by molar-refractivity contribution is -0.137. The first-order valence-corrected chi connectivity index (χ1v) is 10.8. The minimum atomic E-state index is -4.68. The number of nitrogens with one attached hydrogen (secondary N) is 1. The first-order valence-electron chi connectivity index (χ1n) is 8.55. The number of esters is 1. The maximum Gasteiger partial charge on any atom is 0.416 e. The number of methoxy groups -OCH3 is 1. The number of hydrogen-bond acceptors (Lipinski definition) is 5. The zero-order valence-electron chi connectivity index (χ0n) is 15.8. The van der Waals surface area contributed by atoms with Crippen molar-refractivity contribution in [1.29, 1.82) is 0 Å². The molecule has 1 N–H and O–H groups in total. The topological polar surface area (TPSA) is 85.4 Å². The van der Waals surface area contributed by atoms with E-state index in [0.29, 0.717) is 11.6 Å². The molecule has 162 valence electrons. The smallest absolute Gasteiger partial charge is 0.416 e. The molecular formula is C20H14BrF3N2O4S. The Balaban J connectivity index is 2.13. The molecule has 0 saturated heterocycles. The van der Waals surface area contributed by atoms with Crippen LogP contribution in [0.1, 0.15) is 15.9 Å². The summed E-state index contributed by atoms with van der Waals surface area (Å²) in [4.78, 5) is 15.4. The maximum absolute atomic E-state index is 13.3. The lowest BCUT2D eigenvalue weighted by atomic mass is 10.0. The van der Waals surface area contributed by atoms with Gasteiger partial charge in [0.1, 0.15) is 4.90 Å². The van der Waals surface area contributed by atoms with Crippen LogP contribution in [-0.4, -0.2) is 26.5 Å². The van der Waals surface area contributed by atoms with Gasteiger partial charge in [0.15, 0.2) is 0 Å². The zero-order valence-corrected chi connectivity index (χ0v) is 18.2. The number of anilines is 1. The second-order valence-electron chi connectivity index (χ2n) is 6.24. The molecule has 0 fully saturated rings. The Morgan fingerprint density at radius 1 is 1.13 bits per heavy atom. The third kappa shape index (κ3) is 5.05. The van der Waals surface area contributed by atoms with Crippen molar-refractivity contribution in [1.82, 2.24) is 4.98 Å². The minimum Gasteiger partial charge on any atom is -0.465 e. The van der Waals surface area contributed by atoms with E-state index in [9.17, 15) is 26.4 Å². The fraction of sp³-hybridized carbons (Fsp3) is 0.100. The average molecular weight is 515 g/mol. The summed E-state index contributed by atoms with van der Waals surface area (Å²) in [6, 6.07) is 9.62. The van der Waals surface area contributed by atoms with Gasteiger partial charge in [0, 0.05) is 28.0 Å². The summed E-state index contributed by atoms with van der Waals surface area (Å²) in [5, 5.41) is 0. The van der Waals surface area contributed by atoms with Crippen LogP contribution in [-0.2, 0) is 20.9 Å². The molecule has 3 aromatic rings. The number of halogens is 4. The SMILES string of the molecule is COC(=O)c1ccc(Br)c(S(=O)(=O)Nc2cc(C(F)(F)F)ccc2-c2cccnc2)c1. The fourth-order valence-electron chi connectivity index (χ4n) is 2.73. The molecular weight excluding hydrogens is 501 g/mol. The summed E-state index contributed by atoms with van der Waals surface area (Å²) in [7, 11) is -3.25. The van der Waals surface area contributed by atoms with E-state index >= 15 is 0 Å². The third-order valence-electron chi connectivity index (χ3n) is 4.21. The van der Waals surface area contributed by atoms with Crippen LogP contribution in [0.2, 0.25) is 0 Å². The van der Waals surface area contributed by atoms with E-state index in [1.807, 2.05) is 0 Å². The van der Waals surface area contributed by atoms with Crippen molar-refractivity contribution in [2.75, 3.05) is 11.8 Å². The lowest BCUT2D eigenvalue weighted by Crippen LogP contribution is -2.16.